The lowest BCUT2D eigenvalue weighted by molar-refractivity contribution is -0.124. The van der Waals surface area contributed by atoms with Crippen molar-refractivity contribution >= 4 is 5.91 Å². The molecule has 1 rings (SSSR count). The third-order valence-corrected chi connectivity index (χ3v) is 3.47. The second-order valence-corrected chi connectivity index (χ2v) is 5.18. The van der Waals surface area contributed by atoms with Crippen LogP contribution < -0.4 is 16.4 Å². The highest BCUT2D eigenvalue weighted by molar-refractivity contribution is 5.80. The maximum absolute atomic E-state index is 13.1. The van der Waals surface area contributed by atoms with E-state index in [0.29, 0.717) is 12.1 Å². The van der Waals surface area contributed by atoms with E-state index in [4.69, 9.17) is 5.73 Å². The summed E-state index contributed by atoms with van der Waals surface area (Å²) in [5.41, 5.74) is 6.60. The highest BCUT2D eigenvalue weighted by Crippen LogP contribution is 2.10. The Hall–Kier alpha value is -1.46. The first-order chi connectivity index (χ1) is 9.43. The second kappa shape index (κ2) is 7.97. The van der Waals surface area contributed by atoms with Crippen LogP contribution in [0.25, 0.3) is 0 Å². The summed E-state index contributed by atoms with van der Waals surface area (Å²) in [5.74, 6) is -0.311. The molecule has 1 aliphatic rings. The zero-order valence-corrected chi connectivity index (χ0v) is 12.3. The summed E-state index contributed by atoms with van der Waals surface area (Å²) in [6, 6.07) is 0.0620. The number of hydrogen-bond donors (Lipinski definition) is 3. The smallest absolute Gasteiger partial charge is 0.227 e. The molecule has 4 unspecified atom stereocenters. The Labute approximate surface area is 120 Å². The van der Waals surface area contributed by atoms with Crippen molar-refractivity contribution in [3.8, 4) is 0 Å². The van der Waals surface area contributed by atoms with Gasteiger partial charge >= 0.3 is 0 Å². The van der Waals surface area contributed by atoms with Gasteiger partial charge in [0.15, 0.2) is 0 Å². The molecule has 0 aromatic carbocycles. The third kappa shape index (κ3) is 5.27. The standard InChI is InChI=1S/C15H24FN3O/c1-10(9-14(17)11(2)18-3)15(20)19-13-6-4-5-12(16)7-8-13/h4-8,10-12,14,18H,9,17H2,1-3H3,(H,19,20). The molecule has 0 aromatic rings. The van der Waals surface area contributed by atoms with Crippen molar-refractivity contribution in [1.82, 2.24) is 10.6 Å². The summed E-state index contributed by atoms with van der Waals surface area (Å²) in [7, 11) is 1.84. The fourth-order valence-corrected chi connectivity index (χ4v) is 1.86. The van der Waals surface area contributed by atoms with E-state index >= 15 is 0 Å². The van der Waals surface area contributed by atoms with E-state index in [1.165, 1.54) is 12.2 Å². The number of amides is 1. The average Bonchev–Trinajstić information content (AvgIpc) is 2.62. The van der Waals surface area contributed by atoms with Gasteiger partial charge < -0.3 is 16.4 Å². The van der Waals surface area contributed by atoms with Gasteiger partial charge in [-0.1, -0.05) is 13.0 Å². The van der Waals surface area contributed by atoms with Crippen molar-refractivity contribution in [2.75, 3.05) is 7.05 Å². The summed E-state index contributed by atoms with van der Waals surface area (Å²) in [6.45, 7) is 3.82. The molecule has 0 fully saturated rings. The zero-order chi connectivity index (χ0) is 15.1. The van der Waals surface area contributed by atoms with Crippen molar-refractivity contribution in [2.45, 2.75) is 38.5 Å². The molecule has 0 saturated carbocycles. The van der Waals surface area contributed by atoms with Crippen LogP contribution in [0, 0.1) is 5.92 Å². The first-order valence-corrected chi connectivity index (χ1v) is 6.88. The van der Waals surface area contributed by atoms with Crippen LogP contribution in [0.1, 0.15) is 20.3 Å². The number of allylic oxidation sites excluding steroid dienone is 5. The number of carbonyl (C=O) groups is 1. The predicted molar refractivity (Wildman–Crippen MR) is 79.7 cm³/mol. The summed E-state index contributed by atoms with van der Waals surface area (Å²) < 4.78 is 13.1. The van der Waals surface area contributed by atoms with Crippen LogP contribution in [0.5, 0.6) is 0 Å². The minimum absolute atomic E-state index is 0.0884. The van der Waals surface area contributed by atoms with E-state index in [1.54, 1.807) is 18.2 Å². The number of nitrogens with two attached hydrogens (primary N) is 1. The maximum Gasteiger partial charge on any atom is 0.227 e. The highest BCUT2D eigenvalue weighted by Gasteiger charge is 2.20. The minimum Gasteiger partial charge on any atom is -0.326 e. The molecule has 0 heterocycles. The van der Waals surface area contributed by atoms with Crippen LogP contribution in [0.3, 0.4) is 0 Å². The summed E-state index contributed by atoms with van der Waals surface area (Å²) in [4.78, 5) is 12.1. The van der Waals surface area contributed by atoms with Crippen LogP contribution in [0.15, 0.2) is 36.1 Å². The number of halogens is 1. The van der Waals surface area contributed by atoms with Crippen LogP contribution in [-0.2, 0) is 4.79 Å². The third-order valence-electron chi connectivity index (χ3n) is 3.47. The van der Waals surface area contributed by atoms with Gasteiger partial charge in [-0.05, 0) is 44.7 Å². The van der Waals surface area contributed by atoms with Gasteiger partial charge in [0.25, 0.3) is 0 Å². The molecule has 0 spiro atoms. The van der Waals surface area contributed by atoms with E-state index in [-0.39, 0.29) is 23.9 Å². The van der Waals surface area contributed by atoms with E-state index in [9.17, 15) is 9.18 Å². The lowest BCUT2D eigenvalue weighted by atomic mass is 9.97. The molecule has 112 valence electrons. The van der Waals surface area contributed by atoms with Crippen molar-refractivity contribution in [1.29, 1.82) is 0 Å². The summed E-state index contributed by atoms with van der Waals surface area (Å²) in [5, 5.41) is 5.86. The molecule has 1 aliphatic carbocycles. The molecular formula is C15H24FN3O. The molecule has 0 radical (unpaired) electrons. The Bertz CT molecular complexity index is 417. The van der Waals surface area contributed by atoms with Crippen molar-refractivity contribution in [2.24, 2.45) is 11.7 Å². The van der Waals surface area contributed by atoms with Gasteiger partial charge in [-0.3, -0.25) is 4.79 Å². The first kappa shape index (κ1) is 16.6. The first-order valence-electron chi connectivity index (χ1n) is 6.88. The van der Waals surface area contributed by atoms with Gasteiger partial charge in [-0.25, -0.2) is 4.39 Å². The Kier molecular flexibility index (Phi) is 6.61. The largest absolute Gasteiger partial charge is 0.326 e. The van der Waals surface area contributed by atoms with Crippen LogP contribution >= 0.6 is 0 Å². The average molecular weight is 281 g/mol. The number of likely N-dealkylation sites (N-methyl/N-ethyl adjacent to an activating group) is 1. The second-order valence-electron chi connectivity index (χ2n) is 5.18. The van der Waals surface area contributed by atoms with Crippen LogP contribution in [0.2, 0.25) is 0 Å². The van der Waals surface area contributed by atoms with E-state index in [1.807, 2.05) is 20.9 Å². The van der Waals surface area contributed by atoms with Crippen LogP contribution in [-0.4, -0.2) is 31.2 Å². The van der Waals surface area contributed by atoms with Gasteiger partial charge in [0.2, 0.25) is 5.91 Å². The molecule has 4 N–H and O–H groups in total. The number of rotatable bonds is 6. The molecule has 5 heteroatoms. The van der Waals surface area contributed by atoms with Gasteiger partial charge in [0, 0.05) is 23.7 Å². The molecule has 4 atom stereocenters. The minimum atomic E-state index is -1.11. The summed E-state index contributed by atoms with van der Waals surface area (Å²) in [6.07, 6.45) is 7.15. The molecular weight excluding hydrogens is 257 g/mol. The quantitative estimate of drug-likeness (QED) is 0.689. The Morgan fingerprint density at radius 2 is 2.15 bits per heavy atom. The van der Waals surface area contributed by atoms with Crippen LogP contribution in [0.4, 0.5) is 4.39 Å². The Morgan fingerprint density at radius 3 is 2.80 bits per heavy atom. The van der Waals surface area contributed by atoms with Crippen molar-refractivity contribution in [3.05, 3.63) is 36.1 Å². The molecule has 0 bridgehead atoms. The fourth-order valence-electron chi connectivity index (χ4n) is 1.86. The maximum atomic E-state index is 13.1. The molecule has 1 amide bonds. The van der Waals surface area contributed by atoms with E-state index in [2.05, 4.69) is 10.6 Å². The predicted octanol–water partition coefficient (Wildman–Crippen LogP) is 1.41. The zero-order valence-electron chi connectivity index (χ0n) is 12.3. The lowest BCUT2D eigenvalue weighted by Crippen LogP contribution is -2.44. The number of carbonyl (C=O) groups excluding carboxylic acids is 1. The highest BCUT2D eigenvalue weighted by atomic mass is 19.1. The van der Waals surface area contributed by atoms with Crippen molar-refractivity contribution < 1.29 is 9.18 Å². The number of alkyl halides is 1. The molecule has 0 saturated heterocycles. The normalized spacial score (nSPS) is 22.6. The molecule has 0 aromatic heterocycles. The molecule has 0 aliphatic heterocycles. The molecule has 20 heavy (non-hydrogen) atoms. The monoisotopic (exact) mass is 281 g/mol. The lowest BCUT2D eigenvalue weighted by Gasteiger charge is -2.22. The Balaban J connectivity index is 2.52. The van der Waals surface area contributed by atoms with Gasteiger partial charge in [0.1, 0.15) is 6.17 Å². The van der Waals surface area contributed by atoms with Gasteiger partial charge in [-0.2, -0.15) is 0 Å². The summed E-state index contributed by atoms with van der Waals surface area (Å²) >= 11 is 0. The fraction of sp³-hybridized carbons (Fsp3) is 0.533. The van der Waals surface area contributed by atoms with Gasteiger partial charge in [0.05, 0.1) is 0 Å². The Morgan fingerprint density at radius 1 is 1.45 bits per heavy atom. The van der Waals surface area contributed by atoms with E-state index in [0.717, 1.165) is 0 Å². The van der Waals surface area contributed by atoms with Gasteiger partial charge in [-0.15, -0.1) is 0 Å². The molecule has 4 nitrogen and oxygen atoms in total. The SMILES string of the molecule is CNC(C)C(N)CC(C)C(=O)NC1=CC=CC(F)C=C1. The van der Waals surface area contributed by atoms with Crippen molar-refractivity contribution in [3.63, 3.8) is 0 Å². The van der Waals surface area contributed by atoms with E-state index < -0.39 is 6.17 Å². The topological polar surface area (TPSA) is 67.1 Å². The number of hydrogen-bond acceptors (Lipinski definition) is 3. The number of nitrogens with one attached hydrogen (secondary N) is 2.